The first-order valence-corrected chi connectivity index (χ1v) is 13.1. The Hall–Kier alpha value is -6.04. The molecular formula is C36H20N4O. The number of furan rings is 1. The third-order valence-electron chi connectivity index (χ3n) is 7.20. The van der Waals surface area contributed by atoms with E-state index in [1.165, 1.54) is 0 Å². The summed E-state index contributed by atoms with van der Waals surface area (Å²) in [4.78, 5) is 8.56. The van der Waals surface area contributed by atoms with Gasteiger partial charge in [0.1, 0.15) is 23.2 Å². The molecule has 0 spiro atoms. The standard InChI is InChI=1S/C36H20N4O/c37-21-32-36-34(40-33(22-38)39-32)31-20-29(27-15-7-13-25(17-27)23-9-3-1-4-10-23)19-30(35(31)41-36)28-16-8-14-26(18-28)24-11-5-2-6-12-24/h1-20H. The number of nitriles is 2. The van der Waals surface area contributed by atoms with Crippen molar-refractivity contribution < 1.29 is 4.42 Å². The Morgan fingerprint density at radius 1 is 0.488 bits per heavy atom. The molecule has 0 aliphatic rings. The first kappa shape index (κ1) is 24.0. The third kappa shape index (κ3) is 4.29. The zero-order valence-electron chi connectivity index (χ0n) is 21.7. The van der Waals surface area contributed by atoms with Crippen molar-refractivity contribution in [1.82, 2.24) is 9.97 Å². The van der Waals surface area contributed by atoms with Crippen molar-refractivity contribution >= 4 is 22.1 Å². The van der Waals surface area contributed by atoms with Crippen LogP contribution in [0.25, 0.3) is 66.6 Å². The number of rotatable bonds is 4. The first-order valence-electron chi connectivity index (χ1n) is 13.1. The second kappa shape index (κ2) is 9.93. The summed E-state index contributed by atoms with van der Waals surface area (Å²) in [5, 5.41) is 20.1. The predicted octanol–water partition coefficient (Wildman–Crippen LogP) is 8.79. The van der Waals surface area contributed by atoms with Crippen molar-refractivity contribution in [1.29, 1.82) is 10.5 Å². The highest BCUT2D eigenvalue weighted by atomic mass is 16.3. The highest BCUT2D eigenvalue weighted by Gasteiger charge is 2.20. The Morgan fingerprint density at radius 2 is 1.05 bits per heavy atom. The van der Waals surface area contributed by atoms with E-state index >= 15 is 0 Å². The topological polar surface area (TPSA) is 86.5 Å². The van der Waals surface area contributed by atoms with Gasteiger partial charge in [0.25, 0.3) is 0 Å². The number of aromatic nitrogens is 2. The quantitative estimate of drug-likeness (QED) is 0.230. The van der Waals surface area contributed by atoms with Gasteiger partial charge in [-0.1, -0.05) is 97.1 Å². The van der Waals surface area contributed by atoms with Gasteiger partial charge < -0.3 is 4.42 Å². The third-order valence-corrected chi connectivity index (χ3v) is 7.20. The molecule has 5 aromatic carbocycles. The Kier molecular flexibility index (Phi) is 5.82. The van der Waals surface area contributed by atoms with Crippen LogP contribution in [-0.2, 0) is 0 Å². The van der Waals surface area contributed by atoms with Gasteiger partial charge in [0, 0.05) is 10.9 Å². The lowest BCUT2D eigenvalue weighted by atomic mass is 9.93. The maximum absolute atomic E-state index is 9.79. The second-order valence-electron chi connectivity index (χ2n) is 9.69. The van der Waals surface area contributed by atoms with Crippen LogP contribution < -0.4 is 0 Å². The van der Waals surface area contributed by atoms with Gasteiger partial charge >= 0.3 is 0 Å². The van der Waals surface area contributed by atoms with Crippen LogP contribution in [0.4, 0.5) is 0 Å². The maximum Gasteiger partial charge on any atom is 0.234 e. The van der Waals surface area contributed by atoms with Crippen LogP contribution >= 0.6 is 0 Å². The largest absolute Gasteiger partial charge is 0.451 e. The average molecular weight is 525 g/mol. The molecule has 2 heterocycles. The molecule has 190 valence electrons. The van der Waals surface area contributed by atoms with E-state index in [9.17, 15) is 10.5 Å². The second-order valence-corrected chi connectivity index (χ2v) is 9.69. The fraction of sp³-hybridized carbons (Fsp3) is 0. The Bertz CT molecular complexity index is 2170. The molecule has 0 amide bonds. The number of hydrogen-bond donors (Lipinski definition) is 0. The number of hydrogen-bond acceptors (Lipinski definition) is 5. The summed E-state index contributed by atoms with van der Waals surface area (Å²) in [6, 6.07) is 45.3. The SMILES string of the molecule is N#Cc1nc(C#N)c2oc3c(-c4cccc(-c5ccccc5)c4)cc(-c4cccc(-c5ccccc5)c4)cc3c2n1. The fourth-order valence-corrected chi connectivity index (χ4v) is 5.26. The summed E-state index contributed by atoms with van der Waals surface area (Å²) in [6.45, 7) is 0. The minimum Gasteiger partial charge on any atom is -0.451 e. The van der Waals surface area contributed by atoms with E-state index in [1.807, 2.05) is 54.6 Å². The average Bonchev–Trinajstić information content (AvgIpc) is 3.43. The lowest BCUT2D eigenvalue weighted by Crippen LogP contribution is -1.93. The van der Waals surface area contributed by atoms with Gasteiger partial charge in [0.2, 0.25) is 5.82 Å². The zero-order chi connectivity index (χ0) is 27.8. The predicted molar refractivity (Wildman–Crippen MR) is 160 cm³/mol. The van der Waals surface area contributed by atoms with Crippen molar-refractivity contribution in [3.8, 4) is 56.6 Å². The zero-order valence-corrected chi connectivity index (χ0v) is 21.7. The summed E-state index contributed by atoms with van der Waals surface area (Å²) in [5.74, 6) is -0.0687. The summed E-state index contributed by atoms with van der Waals surface area (Å²) in [7, 11) is 0. The van der Waals surface area contributed by atoms with Gasteiger partial charge in [0.15, 0.2) is 11.3 Å². The molecular weight excluding hydrogens is 504 g/mol. The molecule has 0 saturated heterocycles. The van der Waals surface area contributed by atoms with Crippen molar-refractivity contribution in [2.45, 2.75) is 0 Å². The molecule has 7 aromatic rings. The lowest BCUT2D eigenvalue weighted by molar-refractivity contribution is 0.664. The van der Waals surface area contributed by atoms with Crippen molar-refractivity contribution in [2.24, 2.45) is 0 Å². The molecule has 0 fully saturated rings. The van der Waals surface area contributed by atoms with Gasteiger partial charge in [-0.15, -0.1) is 0 Å². The molecule has 0 radical (unpaired) electrons. The molecule has 0 saturated carbocycles. The Labute approximate surface area is 236 Å². The van der Waals surface area contributed by atoms with E-state index in [0.717, 1.165) is 49.9 Å². The molecule has 0 unspecified atom stereocenters. The molecule has 0 atom stereocenters. The van der Waals surface area contributed by atoms with E-state index < -0.39 is 0 Å². The molecule has 0 aliphatic heterocycles. The van der Waals surface area contributed by atoms with E-state index in [1.54, 1.807) is 0 Å². The van der Waals surface area contributed by atoms with Crippen molar-refractivity contribution in [2.75, 3.05) is 0 Å². The lowest BCUT2D eigenvalue weighted by Gasteiger charge is -2.11. The van der Waals surface area contributed by atoms with Crippen LogP contribution in [0.5, 0.6) is 0 Å². The minimum absolute atomic E-state index is 0.0411. The fourth-order valence-electron chi connectivity index (χ4n) is 5.26. The van der Waals surface area contributed by atoms with Crippen LogP contribution in [0.2, 0.25) is 0 Å². The van der Waals surface area contributed by atoms with Gasteiger partial charge in [-0.3, -0.25) is 0 Å². The molecule has 0 N–H and O–H groups in total. The van der Waals surface area contributed by atoms with Gasteiger partial charge in [-0.2, -0.15) is 10.5 Å². The van der Waals surface area contributed by atoms with Crippen LogP contribution in [-0.4, -0.2) is 9.97 Å². The molecule has 7 rings (SSSR count). The summed E-state index contributed by atoms with van der Waals surface area (Å²) in [6.07, 6.45) is 0. The highest BCUT2D eigenvalue weighted by molar-refractivity contribution is 6.10. The normalized spacial score (nSPS) is 10.9. The molecule has 41 heavy (non-hydrogen) atoms. The monoisotopic (exact) mass is 524 g/mol. The van der Waals surface area contributed by atoms with E-state index in [-0.39, 0.29) is 17.1 Å². The number of nitrogens with zero attached hydrogens (tertiary/aromatic N) is 4. The van der Waals surface area contributed by atoms with E-state index in [0.29, 0.717) is 11.1 Å². The smallest absolute Gasteiger partial charge is 0.234 e. The van der Waals surface area contributed by atoms with Crippen LogP contribution in [0.3, 0.4) is 0 Å². The van der Waals surface area contributed by atoms with Crippen LogP contribution in [0.15, 0.2) is 126 Å². The van der Waals surface area contributed by atoms with E-state index in [2.05, 4.69) is 88.8 Å². The first-order chi connectivity index (χ1) is 20.2. The molecule has 2 aromatic heterocycles. The number of benzene rings is 5. The van der Waals surface area contributed by atoms with Crippen molar-refractivity contribution in [3.05, 3.63) is 133 Å². The highest BCUT2D eigenvalue weighted by Crippen LogP contribution is 2.41. The Balaban J connectivity index is 1.51. The molecule has 0 aliphatic carbocycles. The van der Waals surface area contributed by atoms with Crippen LogP contribution in [0.1, 0.15) is 11.5 Å². The number of fused-ring (bicyclic) bond motifs is 3. The summed E-state index contributed by atoms with van der Waals surface area (Å²) < 4.78 is 6.33. The summed E-state index contributed by atoms with van der Waals surface area (Å²) >= 11 is 0. The van der Waals surface area contributed by atoms with E-state index in [4.69, 9.17) is 4.42 Å². The van der Waals surface area contributed by atoms with Gasteiger partial charge in [-0.05, 0) is 63.2 Å². The molecule has 5 nitrogen and oxygen atoms in total. The molecule has 0 bridgehead atoms. The molecule has 5 heteroatoms. The van der Waals surface area contributed by atoms with Gasteiger partial charge in [0.05, 0.1) is 0 Å². The van der Waals surface area contributed by atoms with Crippen LogP contribution in [0, 0.1) is 22.7 Å². The van der Waals surface area contributed by atoms with Crippen molar-refractivity contribution in [3.63, 3.8) is 0 Å². The maximum atomic E-state index is 9.79. The minimum atomic E-state index is -0.0687. The Morgan fingerprint density at radius 3 is 1.66 bits per heavy atom. The van der Waals surface area contributed by atoms with Gasteiger partial charge in [-0.25, -0.2) is 9.97 Å². The summed E-state index contributed by atoms with van der Waals surface area (Å²) in [5.41, 5.74) is 9.59.